The molecule has 0 unspecified atom stereocenters. The standard InChI is InChI=1S/C13H18N4/c14-8-7-11-15-13(17-16-11)12(9-3-1-4-9)10-5-2-6-10/h9-10,12H,1-7H2,(H,15,16,17). The van der Waals surface area contributed by atoms with E-state index >= 15 is 0 Å². The molecule has 4 heteroatoms. The molecule has 1 aromatic rings. The number of nitrogens with one attached hydrogen (secondary N) is 1. The third-order valence-electron chi connectivity index (χ3n) is 4.41. The highest BCUT2D eigenvalue weighted by atomic mass is 15.2. The highest BCUT2D eigenvalue weighted by Crippen LogP contribution is 2.48. The van der Waals surface area contributed by atoms with Gasteiger partial charge in [0.15, 0.2) is 5.82 Å². The molecule has 1 heterocycles. The Labute approximate surface area is 101 Å². The molecule has 4 nitrogen and oxygen atoms in total. The van der Waals surface area contributed by atoms with Crippen LogP contribution in [0.15, 0.2) is 0 Å². The number of nitrogens with zero attached hydrogens (tertiary/aromatic N) is 3. The summed E-state index contributed by atoms with van der Waals surface area (Å²) < 4.78 is 0. The zero-order valence-electron chi connectivity index (χ0n) is 10.0. The van der Waals surface area contributed by atoms with Gasteiger partial charge < -0.3 is 0 Å². The Morgan fingerprint density at radius 3 is 2.35 bits per heavy atom. The SMILES string of the molecule is N#CCc1nc(C(C2CCC2)C2CCC2)n[nH]1. The quantitative estimate of drug-likeness (QED) is 0.864. The number of nitriles is 1. The molecule has 2 aliphatic rings. The van der Waals surface area contributed by atoms with Gasteiger partial charge in [0.05, 0.1) is 12.5 Å². The lowest BCUT2D eigenvalue weighted by Gasteiger charge is -2.41. The van der Waals surface area contributed by atoms with Crippen LogP contribution >= 0.6 is 0 Å². The second kappa shape index (κ2) is 4.48. The highest BCUT2D eigenvalue weighted by molar-refractivity contribution is 5.07. The molecule has 2 saturated carbocycles. The van der Waals surface area contributed by atoms with Crippen molar-refractivity contribution in [1.29, 1.82) is 5.26 Å². The van der Waals surface area contributed by atoms with Crippen molar-refractivity contribution in [3.63, 3.8) is 0 Å². The lowest BCUT2D eigenvalue weighted by atomic mass is 9.64. The van der Waals surface area contributed by atoms with E-state index in [0.717, 1.165) is 23.5 Å². The molecule has 3 rings (SSSR count). The maximum atomic E-state index is 8.66. The third kappa shape index (κ3) is 1.95. The van der Waals surface area contributed by atoms with Crippen LogP contribution in [0.3, 0.4) is 0 Å². The smallest absolute Gasteiger partial charge is 0.154 e. The van der Waals surface area contributed by atoms with Gasteiger partial charge in [-0.15, -0.1) is 0 Å². The van der Waals surface area contributed by atoms with Crippen LogP contribution in [-0.4, -0.2) is 15.2 Å². The predicted molar refractivity (Wildman–Crippen MR) is 63.1 cm³/mol. The Hall–Kier alpha value is -1.37. The van der Waals surface area contributed by atoms with Crippen molar-refractivity contribution in [2.45, 2.75) is 50.9 Å². The van der Waals surface area contributed by atoms with E-state index in [1.54, 1.807) is 0 Å². The second-order valence-corrected chi connectivity index (χ2v) is 5.38. The molecule has 2 fully saturated rings. The van der Waals surface area contributed by atoms with E-state index in [0.29, 0.717) is 12.3 Å². The van der Waals surface area contributed by atoms with Gasteiger partial charge >= 0.3 is 0 Å². The number of aromatic nitrogens is 3. The molecule has 0 amide bonds. The minimum absolute atomic E-state index is 0.342. The number of aromatic amines is 1. The van der Waals surface area contributed by atoms with Gasteiger partial charge in [0, 0.05) is 5.92 Å². The molecule has 1 N–H and O–H groups in total. The summed E-state index contributed by atoms with van der Waals surface area (Å²) >= 11 is 0. The van der Waals surface area contributed by atoms with E-state index in [2.05, 4.69) is 21.3 Å². The average Bonchev–Trinajstić information content (AvgIpc) is 2.60. The molecule has 90 valence electrons. The van der Waals surface area contributed by atoms with E-state index in [1.807, 2.05) is 0 Å². The molecule has 0 aromatic carbocycles. The number of rotatable bonds is 4. The summed E-state index contributed by atoms with van der Waals surface area (Å²) in [7, 11) is 0. The van der Waals surface area contributed by atoms with E-state index < -0.39 is 0 Å². The van der Waals surface area contributed by atoms with Gasteiger partial charge in [-0.3, -0.25) is 5.10 Å². The Kier molecular flexibility index (Phi) is 2.84. The van der Waals surface area contributed by atoms with Crippen molar-refractivity contribution in [3.05, 3.63) is 11.6 Å². The topological polar surface area (TPSA) is 65.4 Å². The lowest BCUT2D eigenvalue weighted by molar-refractivity contribution is 0.143. The van der Waals surface area contributed by atoms with E-state index in [9.17, 15) is 0 Å². The molecule has 17 heavy (non-hydrogen) atoms. The van der Waals surface area contributed by atoms with Crippen molar-refractivity contribution >= 4 is 0 Å². The van der Waals surface area contributed by atoms with Crippen LogP contribution in [0.1, 0.15) is 56.1 Å². The summed E-state index contributed by atoms with van der Waals surface area (Å²) in [5, 5.41) is 15.9. The molecule has 2 aliphatic carbocycles. The maximum absolute atomic E-state index is 8.66. The zero-order valence-corrected chi connectivity index (χ0v) is 10.0. The van der Waals surface area contributed by atoms with Gasteiger partial charge in [-0.25, -0.2) is 4.98 Å². The molecule has 0 spiro atoms. The monoisotopic (exact) mass is 230 g/mol. The van der Waals surface area contributed by atoms with Crippen molar-refractivity contribution in [2.24, 2.45) is 11.8 Å². The van der Waals surface area contributed by atoms with Crippen LogP contribution in [0.2, 0.25) is 0 Å². The first kappa shape index (κ1) is 10.8. The van der Waals surface area contributed by atoms with Gasteiger partial charge in [-0.1, -0.05) is 12.8 Å². The average molecular weight is 230 g/mol. The fourth-order valence-electron chi connectivity index (χ4n) is 3.02. The van der Waals surface area contributed by atoms with Gasteiger partial charge in [0.1, 0.15) is 5.82 Å². The Bertz CT molecular complexity index is 409. The van der Waals surface area contributed by atoms with Gasteiger partial charge in [-0.05, 0) is 37.5 Å². The van der Waals surface area contributed by atoms with Crippen molar-refractivity contribution in [3.8, 4) is 6.07 Å². The van der Waals surface area contributed by atoms with Crippen LogP contribution in [0.25, 0.3) is 0 Å². The Balaban J connectivity index is 1.78. The normalized spacial score (nSPS) is 20.9. The molecule has 0 atom stereocenters. The van der Waals surface area contributed by atoms with Gasteiger partial charge in [0.25, 0.3) is 0 Å². The molecule has 0 aliphatic heterocycles. The first-order valence-corrected chi connectivity index (χ1v) is 6.66. The highest BCUT2D eigenvalue weighted by Gasteiger charge is 2.39. The lowest BCUT2D eigenvalue weighted by Crippen LogP contribution is -2.31. The van der Waals surface area contributed by atoms with Crippen molar-refractivity contribution < 1.29 is 0 Å². The maximum Gasteiger partial charge on any atom is 0.154 e. The van der Waals surface area contributed by atoms with Crippen LogP contribution in [-0.2, 0) is 6.42 Å². The first-order chi connectivity index (χ1) is 8.38. The summed E-state index contributed by atoms with van der Waals surface area (Å²) in [5.41, 5.74) is 0. The third-order valence-corrected chi connectivity index (χ3v) is 4.41. The van der Waals surface area contributed by atoms with E-state index in [1.165, 1.54) is 38.5 Å². The van der Waals surface area contributed by atoms with Crippen molar-refractivity contribution in [1.82, 2.24) is 15.2 Å². The molecule has 0 radical (unpaired) electrons. The van der Waals surface area contributed by atoms with E-state index in [4.69, 9.17) is 5.26 Å². The molecular weight excluding hydrogens is 212 g/mol. The van der Waals surface area contributed by atoms with Crippen molar-refractivity contribution in [2.75, 3.05) is 0 Å². The largest absolute Gasteiger partial charge is 0.262 e. The van der Waals surface area contributed by atoms with Gasteiger partial charge in [0.2, 0.25) is 0 Å². The molecule has 0 bridgehead atoms. The van der Waals surface area contributed by atoms with Crippen LogP contribution < -0.4 is 0 Å². The Morgan fingerprint density at radius 2 is 1.88 bits per heavy atom. The van der Waals surface area contributed by atoms with Crippen LogP contribution in [0.5, 0.6) is 0 Å². The number of H-pyrrole nitrogens is 1. The summed E-state index contributed by atoms with van der Waals surface area (Å²) in [4.78, 5) is 4.52. The van der Waals surface area contributed by atoms with E-state index in [-0.39, 0.29) is 0 Å². The fraction of sp³-hybridized carbons (Fsp3) is 0.769. The van der Waals surface area contributed by atoms with Crippen LogP contribution in [0, 0.1) is 23.2 Å². The minimum Gasteiger partial charge on any atom is -0.262 e. The summed E-state index contributed by atoms with van der Waals surface area (Å²) in [6, 6.07) is 2.12. The summed E-state index contributed by atoms with van der Waals surface area (Å²) in [5.74, 6) is 3.86. The zero-order chi connectivity index (χ0) is 11.7. The van der Waals surface area contributed by atoms with Gasteiger partial charge in [-0.2, -0.15) is 10.4 Å². The molecule has 0 saturated heterocycles. The minimum atomic E-state index is 0.342. The molecular formula is C13H18N4. The number of hydrogen-bond donors (Lipinski definition) is 1. The summed E-state index contributed by atoms with van der Waals surface area (Å²) in [6.45, 7) is 0. The molecule has 1 aromatic heterocycles. The summed E-state index contributed by atoms with van der Waals surface area (Å²) in [6.07, 6.45) is 8.42. The number of hydrogen-bond acceptors (Lipinski definition) is 3. The Morgan fingerprint density at radius 1 is 1.24 bits per heavy atom. The second-order valence-electron chi connectivity index (χ2n) is 5.38. The first-order valence-electron chi connectivity index (χ1n) is 6.66. The predicted octanol–water partition coefficient (Wildman–Crippen LogP) is 2.55. The fourth-order valence-corrected chi connectivity index (χ4v) is 3.02. The van der Waals surface area contributed by atoms with Crippen LogP contribution in [0.4, 0.5) is 0 Å².